The molecule has 4 heteroatoms. The molecule has 1 aromatic heterocycles. The average Bonchev–Trinajstić information content (AvgIpc) is 2.74. The topological polar surface area (TPSA) is 32.3 Å². The van der Waals surface area contributed by atoms with Gasteiger partial charge in [0.1, 0.15) is 12.1 Å². The Kier molecular flexibility index (Phi) is 3.57. The van der Waals surface area contributed by atoms with Crippen molar-refractivity contribution in [2.45, 2.75) is 45.1 Å². The first kappa shape index (κ1) is 13.5. The van der Waals surface area contributed by atoms with Crippen molar-refractivity contribution in [2.24, 2.45) is 11.8 Å². The van der Waals surface area contributed by atoms with Gasteiger partial charge in [0.2, 0.25) is 0 Å². The van der Waals surface area contributed by atoms with Crippen LogP contribution in [0.1, 0.15) is 37.8 Å². The summed E-state index contributed by atoms with van der Waals surface area (Å²) in [5, 5.41) is 0. The van der Waals surface area contributed by atoms with Gasteiger partial charge in [-0.1, -0.05) is 6.42 Å². The van der Waals surface area contributed by atoms with E-state index in [0.717, 1.165) is 35.9 Å². The molecular weight excluding hydrogens is 260 g/mol. The number of piperidine rings is 1. The molecule has 21 heavy (non-hydrogen) atoms. The number of anilines is 1. The molecule has 0 aromatic carbocycles. The summed E-state index contributed by atoms with van der Waals surface area (Å²) in [5.74, 6) is 2.93. The minimum Gasteiger partial charge on any atom is -0.355 e. The van der Waals surface area contributed by atoms with Crippen LogP contribution in [0.4, 0.5) is 5.82 Å². The van der Waals surface area contributed by atoms with Crippen molar-refractivity contribution in [3.05, 3.63) is 18.1 Å². The van der Waals surface area contributed by atoms with Crippen molar-refractivity contribution in [3.63, 3.8) is 0 Å². The van der Waals surface area contributed by atoms with Crippen LogP contribution in [-0.4, -0.2) is 47.1 Å². The molecule has 4 heterocycles. The number of aromatic nitrogens is 2. The van der Waals surface area contributed by atoms with Gasteiger partial charge >= 0.3 is 0 Å². The molecule has 0 radical (unpaired) electrons. The van der Waals surface area contributed by atoms with Crippen LogP contribution in [0.2, 0.25) is 0 Å². The molecule has 2 bridgehead atoms. The molecule has 2 atom stereocenters. The van der Waals surface area contributed by atoms with Gasteiger partial charge in [0.15, 0.2) is 0 Å². The van der Waals surface area contributed by atoms with Gasteiger partial charge in [-0.15, -0.1) is 0 Å². The SMILES string of the molecule is Cc1cc(N2C[C@H]3CC[C@@H](C2)N(CC2CCC2)C3)ncn1. The minimum atomic E-state index is 0.736. The first-order chi connectivity index (χ1) is 10.3. The fourth-order valence-corrected chi connectivity index (χ4v) is 4.21. The molecule has 4 nitrogen and oxygen atoms in total. The Labute approximate surface area is 127 Å². The van der Waals surface area contributed by atoms with Crippen LogP contribution < -0.4 is 4.90 Å². The fourth-order valence-electron chi connectivity index (χ4n) is 4.21. The number of hydrogen-bond acceptors (Lipinski definition) is 4. The molecule has 0 unspecified atom stereocenters. The molecule has 114 valence electrons. The predicted molar refractivity (Wildman–Crippen MR) is 84.4 cm³/mol. The highest BCUT2D eigenvalue weighted by atomic mass is 15.3. The highest BCUT2D eigenvalue weighted by Crippen LogP contribution is 2.34. The molecule has 0 amide bonds. The van der Waals surface area contributed by atoms with Crippen LogP contribution >= 0.6 is 0 Å². The van der Waals surface area contributed by atoms with Crippen molar-refractivity contribution in [1.82, 2.24) is 14.9 Å². The van der Waals surface area contributed by atoms with Gasteiger partial charge in [-0.2, -0.15) is 0 Å². The normalized spacial score (nSPS) is 30.2. The minimum absolute atomic E-state index is 0.736. The lowest BCUT2D eigenvalue weighted by molar-refractivity contribution is 0.0917. The molecule has 1 saturated carbocycles. The van der Waals surface area contributed by atoms with E-state index in [1.807, 2.05) is 0 Å². The summed E-state index contributed by atoms with van der Waals surface area (Å²) in [5.41, 5.74) is 1.07. The van der Waals surface area contributed by atoms with Crippen LogP contribution in [-0.2, 0) is 0 Å². The predicted octanol–water partition coefficient (Wildman–Crippen LogP) is 2.49. The summed E-state index contributed by atoms with van der Waals surface area (Å²) in [7, 11) is 0. The highest BCUT2D eigenvalue weighted by molar-refractivity contribution is 5.39. The Morgan fingerprint density at radius 1 is 1.10 bits per heavy atom. The number of fused-ring (bicyclic) bond motifs is 4. The van der Waals surface area contributed by atoms with Crippen molar-refractivity contribution in [3.8, 4) is 0 Å². The summed E-state index contributed by atoms with van der Waals surface area (Å²) >= 11 is 0. The summed E-state index contributed by atoms with van der Waals surface area (Å²) in [6, 6.07) is 2.88. The van der Waals surface area contributed by atoms with Crippen molar-refractivity contribution in [1.29, 1.82) is 0 Å². The van der Waals surface area contributed by atoms with Gasteiger partial charge in [0, 0.05) is 44.0 Å². The molecule has 3 aliphatic heterocycles. The van der Waals surface area contributed by atoms with E-state index in [1.54, 1.807) is 6.33 Å². The molecule has 3 saturated heterocycles. The molecule has 4 fully saturated rings. The molecule has 5 rings (SSSR count). The molecule has 1 aliphatic carbocycles. The monoisotopic (exact) mass is 286 g/mol. The summed E-state index contributed by atoms with van der Waals surface area (Å²) < 4.78 is 0. The second kappa shape index (κ2) is 5.56. The Hall–Kier alpha value is -1.16. The first-order valence-electron chi connectivity index (χ1n) is 8.55. The van der Waals surface area contributed by atoms with E-state index in [4.69, 9.17) is 0 Å². The molecule has 1 aromatic rings. The molecule has 0 spiro atoms. The van der Waals surface area contributed by atoms with E-state index in [0.29, 0.717) is 0 Å². The van der Waals surface area contributed by atoms with Gasteiger partial charge in [-0.05, 0) is 44.4 Å². The molecule has 0 N–H and O–H groups in total. The van der Waals surface area contributed by atoms with Crippen LogP contribution in [0.5, 0.6) is 0 Å². The highest BCUT2D eigenvalue weighted by Gasteiger charge is 2.36. The third-order valence-corrected chi connectivity index (χ3v) is 5.66. The lowest BCUT2D eigenvalue weighted by Crippen LogP contribution is -2.47. The van der Waals surface area contributed by atoms with Crippen LogP contribution in [0, 0.1) is 18.8 Å². The van der Waals surface area contributed by atoms with Gasteiger partial charge in [0.05, 0.1) is 0 Å². The third kappa shape index (κ3) is 2.78. The van der Waals surface area contributed by atoms with Gasteiger partial charge in [-0.25, -0.2) is 9.97 Å². The average molecular weight is 286 g/mol. The summed E-state index contributed by atoms with van der Waals surface area (Å²) in [6.45, 7) is 7.04. The van der Waals surface area contributed by atoms with E-state index < -0.39 is 0 Å². The smallest absolute Gasteiger partial charge is 0.132 e. The standard InChI is InChI=1S/C17H26N4/c1-13-7-17(19-12-18-13)21-10-15-5-6-16(11-21)20(9-15)8-14-3-2-4-14/h7,12,14-16H,2-6,8-11H2,1H3/t15-,16-/m0/s1. The Morgan fingerprint density at radius 2 is 2.00 bits per heavy atom. The number of nitrogens with zero attached hydrogens (tertiary/aromatic N) is 4. The van der Waals surface area contributed by atoms with Crippen molar-refractivity contribution < 1.29 is 0 Å². The Morgan fingerprint density at radius 3 is 2.76 bits per heavy atom. The lowest BCUT2D eigenvalue weighted by Gasteiger charge is -2.40. The molecular formula is C17H26N4. The fraction of sp³-hybridized carbons (Fsp3) is 0.765. The van der Waals surface area contributed by atoms with E-state index in [-0.39, 0.29) is 0 Å². The van der Waals surface area contributed by atoms with Crippen LogP contribution in [0.15, 0.2) is 12.4 Å². The van der Waals surface area contributed by atoms with Crippen LogP contribution in [0.25, 0.3) is 0 Å². The number of hydrogen-bond donors (Lipinski definition) is 0. The third-order valence-electron chi connectivity index (χ3n) is 5.66. The van der Waals surface area contributed by atoms with Crippen LogP contribution in [0.3, 0.4) is 0 Å². The second-order valence-corrected chi connectivity index (χ2v) is 7.27. The number of rotatable bonds is 3. The Balaban J connectivity index is 1.49. The lowest BCUT2D eigenvalue weighted by atomic mass is 9.83. The quantitative estimate of drug-likeness (QED) is 0.854. The van der Waals surface area contributed by atoms with Gasteiger partial charge in [-0.3, -0.25) is 4.90 Å². The second-order valence-electron chi connectivity index (χ2n) is 7.27. The van der Waals surface area contributed by atoms with E-state index in [9.17, 15) is 0 Å². The maximum absolute atomic E-state index is 4.51. The van der Waals surface area contributed by atoms with Crippen molar-refractivity contribution in [2.75, 3.05) is 31.1 Å². The van der Waals surface area contributed by atoms with Gasteiger partial charge < -0.3 is 4.90 Å². The summed E-state index contributed by atoms with van der Waals surface area (Å²) in [4.78, 5) is 14.1. The zero-order valence-corrected chi connectivity index (χ0v) is 13.0. The zero-order valence-electron chi connectivity index (χ0n) is 13.0. The zero-order chi connectivity index (χ0) is 14.2. The Bertz CT molecular complexity index is 499. The maximum atomic E-state index is 4.51. The largest absolute Gasteiger partial charge is 0.355 e. The van der Waals surface area contributed by atoms with E-state index in [1.165, 1.54) is 51.7 Å². The first-order valence-corrected chi connectivity index (χ1v) is 8.55. The van der Waals surface area contributed by atoms with Gasteiger partial charge in [0.25, 0.3) is 0 Å². The van der Waals surface area contributed by atoms with Crippen molar-refractivity contribution >= 4 is 5.82 Å². The number of aryl methyl sites for hydroxylation is 1. The van der Waals surface area contributed by atoms with E-state index >= 15 is 0 Å². The van der Waals surface area contributed by atoms with E-state index in [2.05, 4.69) is 32.8 Å². The maximum Gasteiger partial charge on any atom is 0.132 e. The molecule has 4 aliphatic rings. The summed E-state index contributed by atoms with van der Waals surface area (Å²) in [6.07, 6.45) is 8.86.